The van der Waals surface area contributed by atoms with E-state index < -0.39 is 17.5 Å². The summed E-state index contributed by atoms with van der Waals surface area (Å²) in [6, 6.07) is 30.6. The largest absolute Gasteiger partial charge is 0.497 e. The number of hydrogen-bond acceptors (Lipinski definition) is 6. The maximum Gasteiger partial charge on any atom is 0.343 e. The van der Waals surface area contributed by atoms with Crippen molar-refractivity contribution in [3.05, 3.63) is 131 Å². The van der Waals surface area contributed by atoms with Crippen molar-refractivity contribution in [2.75, 3.05) is 7.11 Å². The Morgan fingerprint density at radius 1 is 0.778 bits per heavy atom. The molecule has 0 bridgehead atoms. The fourth-order valence-electron chi connectivity index (χ4n) is 3.55. The first-order valence-corrected chi connectivity index (χ1v) is 11.1. The minimum absolute atomic E-state index is 0.361. The maximum atomic E-state index is 13.1. The highest BCUT2D eigenvalue weighted by molar-refractivity contribution is 5.92. The number of ether oxygens (including phenoxy) is 2. The van der Waals surface area contributed by atoms with E-state index >= 15 is 0 Å². The van der Waals surface area contributed by atoms with Crippen LogP contribution in [0.1, 0.15) is 27.0 Å². The smallest absolute Gasteiger partial charge is 0.343 e. The van der Waals surface area contributed by atoms with Gasteiger partial charge in [-0.25, -0.2) is 10.2 Å². The second kappa shape index (κ2) is 11.1. The Balaban J connectivity index is 1.42. The van der Waals surface area contributed by atoms with Crippen LogP contribution in [0.3, 0.4) is 0 Å². The van der Waals surface area contributed by atoms with Gasteiger partial charge in [0.15, 0.2) is 5.60 Å². The molecule has 0 saturated carbocycles. The van der Waals surface area contributed by atoms with E-state index in [1.165, 1.54) is 6.21 Å². The van der Waals surface area contributed by atoms with Crippen LogP contribution in [0.4, 0.5) is 0 Å². The average Bonchev–Trinajstić information content (AvgIpc) is 2.94. The van der Waals surface area contributed by atoms with Gasteiger partial charge < -0.3 is 14.6 Å². The van der Waals surface area contributed by atoms with Crippen LogP contribution in [0.15, 0.2) is 114 Å². The highest BCUT2D eigenvalue weighted by Gasteiger charge is 2.39. The van der Waals surface area contributed by atoms with Crippen molar-refractivity contribution in [2.24, 2.45) is 5.10 Å². The average molecular weight is 481 g/mol. The molecule has 0 heterocycles. The van der Waals surface area contributed by atoms with Gasteiger partial charge in [-0.1, -0.05) is 60.7 Å². The first-order chi connectivity index (χ1) is 17.5. The molecular formula is C29H24N2O5. The zero-order valence-corrected chi connectivity index (χ0v) is 19.5. The predicted molar refractivity (Wildman–Crippen MR) is 136 cm³/mol. The molecule has 0 aromatic heterocycles. The highest BCUT2D eigenvalue weighted by Crippen LogP contribution is 2.29. The third-order valence-corrected chi connectivity index (χ3v) is 5.51. The van der Waals surface area contributed by atoms with Crippen LogP contribution < -0.4 is 14.9 Å². The number of aliphatic hydroxyl groups is 1. The van der Waals surface area contributed by atoms with Crippen molar-refractivity contribution in [2.45, 2.75) is 5.60 Å². The van der Waals surface area contributed by atoms with E-state index in [2.05, 4.69) is 10.5 Å². The van der Waals surface area contributed by atoms with Crippen molar-refractivity contribution in [1.82, 2.24) is 5.43 Å². The van der Waals surface area contributed by atoms with Gasteiger partial charge >= 0.3 is 5.97 Å². The summed E-state index contributed by atoms with van der Waals surface area (Å²) in [5.41, 5.74) is 2.41. The molecule has 0 atom stereocenters. The van der Waals surface area contributed by atoms with Crippen molar-refractivity contribution < 1.29 is 24.2 Å². The number of benzene rings is 4. The topological polar surface area (TPSA) is 97.2 Å². The van der Waals surface area contributed by atoms with Gasteiger partial charge in [0.2, 0.25) is 0 Å². The Bertz CT molecular complexity index is 1300. The van der Waals surface area contributed by atoms with Crippen LogP contribution in [0.25, 0.3) is 0 Å². The molecule has 2 N–H and O–H groups in total. The first kappa shape index (κ1) is 24.4. The minimum Gasteiger partial charge on any atom is -0.497 e. The number of amides is 1. The molecule has 4 aromatic carbocycles. The zero-order valence-electron chi connectivity index (χ0n) is 19.5. The summed E-state index contributed by atoms with van der Waals surface area (Å²) in [6.45, 7) is 0. The number of nitrogens with one attached hydrogen (secondary N) is 1. The van der Waals surface area contributed by atoms with Gasteiger partial charge in [-0.3, -0.25) is 4.79 Å². The molecule has 1 amide bonds. The van der Waals surface area contributed by atoms with Crippen LogP contribution >= 0.6 is 0 Å². The van der Waals surface area contributed by atoms with Gasteiger partial charge in [-0.2, -0.15) is 5.10 Å². The Kier molecular flexibility index (Phi) is 7.53. The number of carbonyl (C=O) groups is 2. The Hall–Kier alpha value is -4.75. The molecule has 0 saturated heterocycles. The van der Waals surface area contributed by atoms with Crippen LogP contribution in [0, 0.1) is 0 Å². The second-order valence-corrected chi connectivity index (χ2v) is 7.83. The standard InChI is InChI=1S/C29H24N2O5/c1-35-25-18-14-22(15-19-25)27(32)36-26-16-12-21(13-17-26)20-30-31-28(33)29(34,23-8-4-2-5-9-23)24-10-6-3-7-11-24/h2-20,34H,1H3,(H,31,33). The number of rotatable bonds is 8. The first-order valence-electron chi connectivity index (χ1n) is 11.1. The van der Waals surface area contributed by atoms with Crippen molar-refractivity contribution >= 4 is 18.1 Å². The van der Waals surface area contributed by atoms with Gasteiger partial charge in [0.05, 0.1) is 18.9 Å². The molecule has 0 unspecified atom stereocenters. The van der Waals surface area contributed by atoms with Crippen molar-refractivity contribution in [3.8, 4) is 11.5 Å². The number of hydrazone groups is 1. The lowest BCUT2D eigenvalue weighted by molar-refractivity contribution is -0.136. The van der Waals surface area contributed by atoms with E-state index in [0.29, 0.717) is 33.8 Å². The number of methoxy groups -OCH3 is 1. The molecule has 0 aliphatic rings. The normalized spacial score (nSPS) is 11.2. The molecule has 0 aliphatic heterocycles. The molecule has 36 heavy (non-hydrogen) atoms. The zero-order chi connectivity index (χ0) is 25.4. The Morgan fingerprint density at radius 2 is 1.31 bits per heavy atom. The molecule has 0 radical (unpaired) electrons. The quantitative estimate of drug-likeness (QED) is 0.170. The van der Waals surface area contributed by atoms with Crippen molar-refractivity contribution in [1.29, 1.82) is 0 Å². The molecule has 180 valence electrons. The molecule has 7 heteroatoms. The monoisotopic (exact) mass is 480 g/mol. The van der Waals surface area contributed by atoms with Gasteiger partial charge in [0.1, 0.15) is 11.5 Å². The van der Waals surface area contributed by atoms with Crippen molar-refractivity contribution in [3.63, 3.8) is 0 Å². The third kappa shape index (κ3) is 5.48. The Labute approximate surface area is 208 Å². The summed E-state index contributed by atoms with van der Waals surface area (Å²) >= 11 is 0. The molecule has 0 aliphatic carbocycles. The fourth-order valence-corrected chi connectivity index (χ4v) is 3.55. The Morgan fingerprint density at radius 3 is 1.83 bits per heavy atom. The lowest BCUT2D eigenvalue weighted by Gasteiger charge is -2.27. The lowest BCUT2D eigenvalue weighted by atomic mass is 9.85. The lowest BCUT2D eigenvalue weighted by Crippen LogP contribution is -2.43. The van der Waals surface area contributed by atoms with Crippen LogP contribution in [-0.4, -0.2) is 30.3 Å². The summed E-state index contributed by atoms with van der Waals surface area (Å²) in [5, 5.41) is 15.4. The van der Waals surface area contributed by atoms with Crippen LogP contribution in [0.5, 0.6) is 11.5 Å². The van der Waals surface area contributed by atoms with Gasteiger partial charge in [0.25, 0.3) is 5.91 Å². The highest BCUT2D eigenvalue weighted by atomic mass is 16.5. The second-order valence-electron chi connectivity index (χ2n) is 7.83. The molecule has 0 fully saturated rings. The van der Waals surface area contributed by atoms with Gasteiger partial charge in [-0.15, -0.1) is 0 Å². The number of carbonyl (C=O) groups excluding carboxylic acids is 2. The maximum absolute atomic E-state index is 13.1. The van der Waals surface area contributed by atoms with E-state index in [-0.39, 0.29) is 0 Å². The number of nitrogens with zero attached hydrogens (tertiary/aromatic N) is 1. The van der Waals surface area contributed by atoms with E-state index in [1.807, 2.05) is 12.1 Å². The van der Waals surface area contributed by atoms with E-state index in [9.17, 15) is 14.7 Å². The SMILES string of the molecule is COc1ccc(C(=O)Oc2ccc(C=NNC(=O)C(O)(c3ccccc3)c3ccccc3)cc2)cc1. The third-order valence-electron chi connectivity index (χ3n) is 5.51. The predicted octanol–water partition coefficient (Wildman–Crippen LogP) is 4.30. The number of hydrogen-bond donors (Lipinski definition) is 2. The molecule has 0 spiro atoms. The van der Waals surface area contributed by atoms with Crippen LogP contribution in [0.2, 0.25) is 0 Å². The van der Waals surface area contributed by atoms with E-state index in [4.69, 9.17) is 9.47 Å². The summed E-state index contributed by atoms with van der Waals surface area (Å²) in [7, 11) is 1.55. The van der Waals surface area contributed by atoms with E-state index in [0.717, 1.165) is 0 Å². The van der Waals surface area contributed by atoms with Gasteiger partial charge in [0, 0.05) is 0 Å². The van der Waals surface area contributed by atoms with Gasteiger partial charge in [-0.05, 0) is 65.2 Å². The summed E-state index contributed by atoms with van der Waals surface area (Å²) < 4.78 is 10.5. The molecule has 4 aromatic rings. The molecule has 7 nitrogen and oxygen atoms in total. The van der Waals surface area contributed by atoms with Crippen LogP contribution in [-0.2, 0) is 10.4 Å². The summed E-state index contributed by atoms with van der Waals surface area (Å²) in [6.07, 6.45) is 1.43. The minimum atomic E-state index is -1.92. The molecular weight excluding hydrogens is 456 g/mol. The number of esters is 1. The molecule has 4 rings (SSSR count). The summed E-state index contributed by atoms with van der Waals surface area (Å²) in [5.74, 6) is -0.179. The van der Waals surface area contributed by atoms with E-state index in [1.54, 1.807) is 104 Å². The summed E-state index contributed by atoms with van der Waals surface area (Å²) in [4.78, 5) is 25.4. The fraction of sp³-hybridized carbons (Fsp3) is 0.0690.